The smallest absolute Gasteiger partial charge is 0.164 e. The third-order valence-corrected chi connectivity index (χ3v) is 8.50. The maximum Gasteiger partial charge on any atom is 0.164 e. The first-order chi connectivity index (χ1) is 20.3. The van der Waals surface area contributed by atoms with Crippen molar-refractivity contribution in [1.82, 2.24) is 19.9 Å². The predicted molar refractivity (Wildman–Crippen MR) is 170 cm³/mol. The molecule has 0 amide bonds. The lowest BCUT2D eigenvalue weighted by atomic mass is 10.0. The van der Waals surface area contributed by atoms with Gasteiger partial charge >= 0.3 is 0 Å². The van der Waals surface area contributed by atoms with Gasteiger partial charge in [0, 0.05) is 27.6 Å². The van der Waals surface area contributed by atoms with E-state index in [1.165, 1.54) is 0 Å². The molecule has 0 saturated carbocycles. The van der Waals surface area contributed by atoms with Crippen LogP contribution in [-0.4, -0.2) is 19.9 Å². The van der Waals surface area contributed by atoms with Gasteiger partial charge in [0.1, 0.15) is 5.01 Å². The predicted octanol–water partition coefficient (Wildman–Crippen LogP) is 9.46. The van der Waals surface area contributed by atoms with Crippen molar-refractivity contribution in [2.45, 2.75) is 0 Å². The second-order valence-corrected chi connectivity index (χ2v) is 10.9. The van der Waals surface area contributed by atoms with Crippen LogP contribution in [-0.2, 0) is 0 Å². The van der Waals surface area contributed by atoms with Gasteiger partial charge < -0.3 is 0 Å². The van der Waals surface area contributed by atoms with E-state index in [1.807, 2.05) is 36.4 Å². The molecule has 8 aromatic rings. The van der Waals surface area contributed by atoms with Crippen molar-refractivity contribution in [1.29, 1.82) is 0 Å². The average molecular weight is 543 g/mol. The number of thiazole rings is 1. The summed E-state index contributed by atoms with van der Waals surface area (Å²) in [5.41, 5.74) is 5.01. The molecule has 2 aromatic heterocycles. The quantitative estimate of drug-likeness (QED) is 0.222. The summed E-state index contributed by atoms with van der Waals surface area (Å²) in [6.07, 6.45) is 0. The summed E-state index contributed by atoms with van der Waals surface area (Å²) in [6, 6.07) is 45.8. The lowest BCUT2D eigenvalue weighted by molar-refractivity contribution is 1.08. The van der Waals surface area contributed by atoms with Crippen molar-refractivity contribution in [2.75, 3.05) is 0 Å². The second kappa shape index (κ2) is 9.73. The molecule has 41 heavy (non-hydrogen) atoms. The molecule has 0 aliphatic heterocycles. The van der Waals surface area contributed by atoms with Gasteiger partial charge in [-0.15, -0.1) is 11.3 Å². The fourth-order valence-electron chi connectivity index (χ4n) is 5.31. The highest BCUT2D eigenvalue weighted by molar-refractivity contribution is 7.22. The van der Waals surface area contributed by atoms with E-state index < -0.39 is 0 Å². The molecule has 0 spiro atoms. The molecular formula is C36H22N4S. The van der Waals surface area contributed by atoms with Gasteiger partial charge in [-0.1, -0.05) is 121 Å². The Hall–Kier alpha value is -5.26. The van der Waals surface area contributed by atoms with E-state index in [4.69, 9.17) is 19.9 Å². The molecule has 0 fully saturated rings. The van der Waals surface area contributed by atoms with E-state index >= 15 is 0 Å². The van der Waals surface area contributed by atoms with E-state index in [9.17, 15) is 0 Å². The topological polar surface area (TPSA) is 51.6 Å². The summed E-state index contributed by atoms with van der Waals surface area (Å²) < 4.78 is 1.16. The highest BCUT2D eigenvalue weighted by atomic mass is 32.1. The highest BCUT2D eigenvalue weighted by Gasteiger charge is 2.16. The Bertz CT molecular complexity index is 2200. The molecule has 0 N–H and O–H groups in total. The zero-order valence-electron chi connectivity index (χ0n) is 21.9. The molecule has 0 aliphatic rings. The molecule has 5 heteroatoms. The van der Waals surface area contributed by atoms with Crippen LogP contribution in [0.25, 0.3) is 76.5 Å². The first-order valence-corrected chi connectivity index (χ1v) is 14.3. The monoisotopic (exact) mass is 542 g/mol. The molecule has 4 nitrogen and oxygen atoms in total. The fourth-order valence-corrected chi connectivity index (χ4v) is 6.41. The van der Waals surface area contributed by atoms with Crippen molar-refractivity contribution in [2.24, 2.45) is 0 Å². The SMILES string of the molecule is c1ccc(-c2nc(-c3ccc4ccc5nc(-c6ccccc6)sc5c4c3)nc(-c3cccc4ccccc34)n2)cc1. The number of hydrogen-bond donors (Lipinski definition) is 0. The van der Waals surface area contributed by atoms with Crippen LogP contribution in [0, 0.1) is 0 Å². The molecule has 0 atom stereocenters. The Labute approximate surface area is 240 Å². The Morgan fingerprint density at radius 1 is 0.415 bits per heavy atom. The van der Waals surface area contributed by atoms with E-state index in [0.29, 0.717) is 17.5 Å². The zero-order valence-corrected chi connectivity index (χ0v) is 22.7. The average Bonchev–Trinajstić information content (AvgIpc) is 3.50. The van der Waals surface area contributed by atoms with Gasteiger partial charge in [-0.3, -0.25) is 0 Å². The van der Waals surface area contributed by atoms with E-state index in [1.54, 1.807) is 11.3 Å². The van der Waals surface area contributed by atoms with Crippen molar-refractivity contribution >= 4 is 43.1 Å². The third kappa shape index (κ3) is 4.24. The van der Waals surface area contributed by atoms with Gasteiger partial charge in [-0.25, -0.2) is 19.9 Å². The standard InChI is InChI=1S/C36H22N4S/c1-3-11-25(12-4-1)33-38-34(40-35(39-33)29-17-9-15-23-10-7-8-16-28(23)29)27-19-18-24-20-21-31-32(30(24)22-27)41-36(37-31)26-13-5-2-6-14-26/h1-22H. The number of rotatable bonds is 4. The molecule has 2 heterocycles. The molecule has 6 aromatic carbocycles. The van der Waals surface area contributed by atoms with Crippen molar-refractivity contribution in [3.05, 3.63) is 133 Å². The van der Waals surface area contributed by atoms with Crippen LogP contribution >= 0.6 is 11.3 Å². The van der Waals surface area contributed by atoms with Crippen molar-refractivity contribution in [3.8, 4) is 44.7 Å². The van der Waals surface area contributed by atoms with Crippen molar-refractivity contribution in [3.63, 3.8) is 0 Å². The molecule has 192 valence electrons. The number of benzene rings is 6. The normalized spacial score (nSPS) is 11.4. The zero-order chi connectivity index (χ0) is 27.2. The molecule has 0 radical (unpaired) electrons. The van der Waals surface area contributed by atoms with Crippen LogP contribution in [0.1, 0.15) is 0 Å². The number of fused-ring (bicyclic) bond motifs is 4. The summed E-state index contributed by atoms with van der Waals surface area (Å²) in [6.45, 7) is 0. The van der Waals surface area contributed by atoms with Gasteiger partial charge in [0.2, 0.25) is 0 Å². The lowest BCUT2D eigenvalue weighted by Gasteiger charge is -2.11. The van der Waals surface area contributed by atoms with Crippen LogP contribution < -0.4 is 0 Å². The molecule has 0 saturated heterocycles. The Kier molecular flexibility index (Phi) is 5.61. The summed E-state index contributed by atoms with van der Waals surface area (Å²) in [5.74, 6) is 1.96. The Balaban J connectivity index is 1.34. The fraction of sp³-hybridized carbons (Fsp3) is 0. The maximum atomic E-state index is 5.05. The lowest BCUT2D eigenvalue weighted by Crippen LogP contribution is -2.00. The highest BCUT2D eigenvalue weighted by Crippen LogP contribution is 2.37. The third-order valence-electron chi connectivity index (χ3n) is 7.35. The number of nitrogens with zero attached hydrogens (tertiary/aromatic N) is 4. The first-order valence-electron chi connectivity index (χ1n) is 13.5. The van der Waals surface area contributed by atoms with E-state index in [2.05, 4.69) is 97.1 Å². The molecule has 0 aliphatic carbocycles. The van der Waals surface area contributed by atoms with Crippen LogP contribution in [0.15, 0.2) is 133 Å². The molecule has 0 bridgehead atoms. The number of aromatic nitrogens is 4. The minimum atomic E-state index is 0.647. The second-order valence-electron chi connectivity index (χ2n) is 9.93. The summed E-state index contributed by atoms with van der Waals surface area (Å²) >= 11 is 1.72. The van der Waals surface area contributed by atoms with Crippen molar-refractivity contribution < 1.29 is 0 Å². The van der Waals surface area contributed by atoms with E-state index in [0.717, 1.165) is 59.0 Å². The van der Waals surface area contributed by atoms with Gasteiger partial charge in [-0.2, -0.15) is 0 Å². The molecule has 8 rings (SSSR count). The minimum Gasteiger partial charge on any atom is -0.236 e. The van der Waals surface area contributed by atoms with Gasteiger partial charge in [-0.05, 0) is 28.3 Å². The summed E-state index contributed by atoms with van der Waals surface area (Å²) in [4.78, 5) is 20.0. The summed E-state index contributed by atoms with van der Waals surface area (Å²) in [7, 11) is 0. The number of hydrogen-bond acceptors (Lipinski definition) is 5. The van der Waals surface area contributed by atoms with Crippen LogP contribution in [0.5, 0.6) is 0 Å². The first kappa shape index (κ1) is 23.6. The maximum absolute atomic E-state index is 5.05. The Morgan fingerprint density at radius 2 is 1.05 bits per heavy atom. The molecular weight excluding hydrogens is 520 g/mol. The van der Waals surface area contributed by atoms with E-state index in [-0.39, 0.29) is 0 Å². The van der Waals surface area contributed by atoms with Gasteiger partial charge in [0.25, 0.3) is 0 Å². The minimum absolute atomic E-state index is 0.647. The van der Waals surface area contributed by atoms with Crippen LogP contribution in [0.2, 0.25) is 0 Å². The summed E-state index contributed by atoms with van der Waals surface area (Å²) in [5, 5.41) is 5.60. The molecule has 0 unspecified atom stereocenters. The largest absolute Gasteiger partial charge is 0.236 e. The van der Waals surface area contributed by atoms with Crippen LogP contribution in [0.4, 0.5) is 0 Å². The van der Waals surface area contributed by atoms with Crippen LogP contribution in [0.3, 0.4) is 0 Å². The Morgan fingerprint density at radius 3 is 1.88 bits per heavy atom. The van der Waals surface area contributed by atoms with Gasteiger partial charge in [0.15, 0.2) is 17.5 Å². The van der Waals surface area contributed by atoms with Gasteiger partial charge in [0.05, 0.1) is 10.2 Å².